The second kappa shape index (κ2) is 6.81. The van der Waals surface area contributed by atoms with E-state index in [1.807, 2.05) is 0 Å². The molecule has 1 N–H and O–H groups in total. The monoisotopic (exact) mass is 377 g/mol. The molecule has 2 rings (SSSR count). The van der Waals surface area contributed by atoms with Gasteiger partial charge in [-0.25, -0.2) is 0 Å². The van der Waals surface area contributed by atoms with E-state index >= 15 is 0 Å². The topological polar surface area (TPSA) is 59.3 Å². The molecule has 0 aliphatic carbocycles. The van der Waals surface area contributed by atoms with Crippen LogP contribution in [0, 0.1) is 0 Å². The number of carbonyl (C=O) groups is 2. The van der Waals surface area contributed by atoms with E-state index in [9.17, 15) is 22.8 Å². The van der Waals surface area contributed by atoms with Gasteiger partial charge in [-0.15, -0.1) is 0 Å². The minimum atomic E-state index is -4.47. The summed E-state index contributed by atoms with van der Waals surface area (Å²) in [4.78, 5) is 23.3. The Morgan fingerprint density at radius 3 is 2.59 bits per heavy atom. The van der Waals surface area contributed by atoms with Gasteiger partial charge in [-0.2, -0.15) is 0 Å². The SMILES string of the molecule is O=C(C[Se]C(=O)c1ccco1)Nc1cccc(C(F)(F)F)c1. The Kier molecular flexibility index (Phi) is 5.05. The summed E-state index contributed by atoms with van der Waals surface area (Å²) in [5, 5.41) is 2.27. The standard InChI is InChI=1S/C14H10F3NO3Se/c15-14(16,17)9-3-1-4-10(7-9)18-12(19)8-22-13(20)11-5-2-6-21-11/h1-7H,8H2,(H,18,19). The molecular formula is C14H10F3NO3Se. The molecule has 1 aromatic carbocycles. The number of hydrogen-bond donors (Lipinski definition) is 1. The van der Waals surface area contributed by atoms with Crippen LogP contribution in [0.3, 0.4) is 0 Å². The predicted molar refractivity (Wildman–Crippen MR) is 73.7 cm³/mol. The third kappa shape index (κ3) is 4.47. The van der Waals surface area contributed by atoms with Crippen LogP contribution in [0.4, 0.5) is 18.9 Å². The van der Waals surface area contributed by atoms with Crippen molar-refractivity contribution in [2.45, 2.75) is 11.5 Å². The normalized spacial score (nSPS) is 11.2. The minimum absolute atomic E-state index is 0.0427. The molecule has 0 radical (unpaired) electrons. The van der Waals surface area contributed by atoms with Gasteiger partial charge in [0.2, 0.25) is 0 Å². The van der Waals surface area contributed by atoms with Crippen LogP contribution in [-0.2, 0) is 11.0 Å². The molecule has 0 spiro atoms. The van der Waals surface area contributed by atoms with Gasteiger partial charge >= 0.3 is 129 Å². The summed E-state index contributed by atoms with van der Waals surface area (Å²) >= 11 is -0.677. The van der Waals surface area contributed by atoms with Crippen molar-refractivity contribution in [1.29, 1.82) is 0 Å². The molecule has 0 bridgehead atoms. The van der Waals surface area contributed by atoms with E-state index in [1.165, 1.54) is 24.5 Å². The molecule has 0 saturated heterocycles. The Bertz CT molecular complexity index is 668. The molecule has 0 atom stereocenters. The Morgan fingerprint density at radius 1 is 1.18 bits per heavy atom. The van der Waals surface area contributed by atoms with E-state index < -0.39 is 32.6 Å². The van der Waals surface area contributed by atoms with Gasteiger partial charge in [0.25, 0.3) is 0 Å². The Balaban J connectivity index is 1.91. The molecular weight excluding hydrogens is 366 g/mol. The maximum absolute atomic E-state index is 12.6. The van der Waals surface area contributed by atoms with Crippen molar-refractivity contribution >= 4 is 31.2 Å². The van der Waals surface area contributed by atoms with Crippen LogP contribution in [0.1, 0.15) is 16.1 Å². The summed E-state index contributed by atoms with van der Waals surface area (Å²) in [6.07, 6.45) is -3.12. The maximum atomic E-state index is 12.6. The first-order valence-corrected chi connectivity index (χ1v) is 8.11. The third-order valence-electron chi connectivity index (χ3n) is 2.53. The van der Waals surface area contributed by atoms with Gasteiger partial charge in [0, 0.05) is 0 Å². The van der Waals surface area contributed by atoms with Crippen molar-refractivity contribution in [3.8, 4) is 0 Å². The second-order valence-corrected chi connectivity index (χ2v) is 6.17. The quantitative estimate of drug-likeness (QED) is 0.816. The van der Waals surface area contributed by atoms with E-state index in [1.54, 1.807) is 6.07 Å². The number of anilines is 1. The van der Waals surface area contributed by atoms with Crippen LogP contribution >= 0.6 is 0 Å². The van der Waals surface area contributed by atoms with E-state index in [0.717, 1.165) is 12.1 Å². The molecule has 2 aromatic rings. The molecule has 1 amide bonds. The molecule has 0 saturated carbocycles. The number of benzene rings is 1. The second-order valence-electron chi connectivity index (χ2n) is 4.18. The van der Waals surface area contributed by atoms with Gasteiger partial charge in [0.1, 0.15) is 0 Å². The van der Waals surface area contributed by atoms with Crippen molar-refractivity contribution in [3.05, 3.63) is 54.0 Å². The molecule has 22 heavy (non-hydrogen) atoms. The Hall–Kier alpha value is -2.05. The van der Waals surface area contributed by atoms with Gasteiger partial charge in [-0.1, -0.05) is 0 Å². The molecule has 116 valence electrons. The third-order valence-corrected chi connectivity index (χ3v) is 4.36. The van der Waals surface area contributed by atoms with E-state index in [0.29, 0.717) is 0 Å². The zero-order chi connectivity index (χ0) is 16.2. The fourth-order valence-electron chi connectivity index (χ4n) is 1.57. The van der Waals surface area contributed by atoms with Gasteiger partial charge < -0.3 is 0 Å². The summed E-state index contributed by atoms with van der Waals surface area (Å²) in [5.74, 6) is -0.342. The molecule has 1 aromatic heterocycles. The van der Waals surface area contributed by atoms with Crippen molar-refractivity contribution in [1.82, 2.24) is 0 Å². The van der Waals surface area contributed by atoms with Crippen molar-refractivity contribution in [2.24, 2.45) is 0 Å². The number of carbonyl (C=O) groups excluding carboxylic acids is 2. The Labute approximate surface area is 129 Å². The molecule has 4 nitrogen and oxygen atoms in total. The van der Waals surface area contributed by atoms with Crippen LogP contribution < -0.4 is 5.32 Å². The van der Waals surface area contributed by atoms with Gasteiger partial charge in [-0.3, -0.25) is 0 Å². The fraction of sp³-hybridized carbons (Fsp3) is 0.143. The zero-order valence-corrected chi connectivity index (χ0v) is 12.7. The van der Waals surface area contributed by atoms with Crippen molar-refractivity contribution in [2.75, 3.05) is 5.32 Å². The van der Waals surface area contributed by atoms with Crippen LogP contribution in [-0.4, -0.2) is 25.5 Å². The zero-order valence-electron chi connectivity index (χ0n) is 11.0. The number of halogens is 3. The number of furan rings is 1. The average Bonchev–Trinajstić information content (AvgIpc) is 2.98. The van der Waals surface area contributed by atoms with Crippen molar-refractivity contribution in [3.63, 3.8) is 0 Å². The molecule has 0 unspecified atom stereocenters. The summed E-state index contributed by atoms with van der Waals surface area (Å²) in [7, 11) is 0. The van der Waals surface area contributed by atoms with Gasteiger partial charge in [-0.05, 0) is 0 Å². The first kappa shape index (κ1) is 16.3. The summed E-state index contributed by atoms with van der Waals surface area (Å²) in [5.41, 5.74) is -0.802. The number of hydrogen-bond acceptors (Lipinski definition) is 3. The molecule has 1 heterocycles. The fourth-order valence-corrected chi connectivity index (χ4v) is 2.81. The number of rotatable bonds is 5. The van der Waals surface area contributed by atoms with Gasteiger partial charge in [0.05, 0.1) is 0 Å². The summed E-state index contributed by atoms with van der Waals surface area (Å²) in [6, 6.07) is 7.38. The van der Waals surface area contributed by atoms with Crippen LogP contribution in [0.15, 0.2) is 47.1 Å². The molecule has 0 fully saturated rings. The number of amides is 1. The van der Waals surface area contributed by atoms with Crippen LogP contribution in [0.25, 0.3) is 0 Å². The predicted octanol–water partition coefficient (Wildman–Crippen LogP) is 3.20. The molecule has 0 aliphatic heterocycles. The first-order valence-electron chi connectivity index (χ1n) is 6.04. The van der Waals surface area contributed by atoms with Gasteiger partial charge in [0.15, 0.2) is 0 Å². The number of alkyl halides is 3. The van der Waals surface area contributed by atoms with E-state index in [4.69, 9.17) is 4.42 Å². The van der Waals surface area contributed by atoms with E-state index in [2.05, 4.69) is 5.32 Å². The average molecular weight is 376 g/mol. The molecule has 8 heteroatoms. The molecule has 0 aliphatic rings. The first-order chi connectivity index (χ1) is 10.4. The van der Waals surface area contributed by atoms with Crippen LogP contribution in [0.5, 0.6) is 0 Å². The summed E-state index contributed by atoms with van der Waals surface area (Å²) in [6.45, 7) is 0. The van der Waals surface area contributed by atoms with Crippen molar-refractivity contribution < 1.29 is 27.2 Å². The van der Waals surface area contributed by atoms with E-state index in [-0.39, 0.29) is 21.4 Å². The number of nitrogens with one attached hydrogen (secondary N) is 1. The summed E-state index contributed by atoms with van der Waals surface area (Å²) < 4.78 is 42.3. The van der Waals surface area contributed by atoms with Crippen LogP contribution in [0.2, 0.25) is 5.32 Å². The Morgan fingerprint density at radius 2 is 1.95 bits per heavy atom.